The highest BCUT2D eigenvalue weighted by Crippen LogP contribution is 2.27. The quantitative estimate of drug-likeness (QED) is 0.477. The van der Waals surface area contributed by atoms with E-state index < -0.39 is 0 Å². The lowest BCUT2D eigenvalue weighted by Gasteiger charge is -2.23. The summed E-state index contributed by atoms with van der Waals surface area (Å²) < 4.78 is 0. The molecule has 100 valence electrons. The van der Waals surface area contributed by atoms with Crippen LogP contribution in [0.15, 0.2) is 12.7 Å². The van der Waals surface area contributed by atoms with E-state index in [0.717, 1.165) is 18.4 Å². The van der Waals surface area contributed by atoms with Crippen LogP contribution in [0.5, 0.6) is 0 Å². The zero-order valence-electron chi connectivity index (χ0n) is 11.7. The number of hydrogen-bond acceptors (Lipinski definition) is 1. The SMILES string of the molecule is C=CCCC(CC1CCCCCC1)NCCC. The van der Waals surface area contributed by atoms with Gasteiger partial charge in [-0.1, -0.05) is 51.5 Å². The van der Waals surface area contributed by atoms with Crippen LogP contribution >= 0.6 is 0 Å². The highest BCUT2D eigenvalue weighted by molar-refractivity contribution is 4.77. The molecule has 1 heteroatoms. The fourth-order valence-electron chi connectivity index (χ4n) is 2.97. The molecule has 1 N–H and O–H groups in total. The van der Waals surface area contributed by atoms with Crippen molar-refractivity contribution in [1.82, 2.24) is 5.32 Å². The first-order valence-corrected chi connectivity index (χ1v) is 7.71. The van der Waals surface area contributed by atoms with Crippen molar-refractivity contribution in [1.29, 1.82) is 0 Å². The van der Waals surface area contributed by atoms with Gasteiger partial charge in [-0.3, -0.25) is 0 Å². The summed E-state index contributed by atoms with van der Waals surface area (Å²) in [6.07, 6.45) is 16.0. The maximum Gasteiger partial charge on any atom is 0.00726 e. The van der Waals surface area contributed by atoms with Crippen molar-refractivity contribution in [2.75, 3.05) is 6.54 Å². The summed E-state index contributed by atoms with van der Waals surface area (Å²) in [5.41, 5.74) is 0. The molecule has 1 saturated carbocycles. The predicted octanol–water partition coefficient (Wildman–Crippen LogP) is 4.68. The fraction of sp³-hybridized carbons (Fsp3) is 0.875. The molecule has 1 atom stereocenters. The van der Waals surface area contributed by atoms with Gasteiger partial charge in [-0.15, -0.1) is 6.58 Å². The van der Waals surface area contributed by atoms with E-state index in [0.29, 0.717) is 0 Å². The summed E-state index contributed by atoms with van der Waals surface area (Å²) in [7, 11) is 0. The van der Waals surface area contributed by atoms with Crippen LogP contribution in [0.1, 0.15) is 71.1 Å². The maximum absolute atomic E-state index is 3.85. The maximum atomic E-state index is 3.85. The Morgan fingerprint density at radius 1 is 1.24 bits per heavy atom. The Labute approximate surface area is 108 Å². The molecule has 0 heterocycles. The van der Waals surface area contributed by atoms with E-state index in [9.17, 15) is 0 Å². The Kier molecular flexibility index (Phi) is 8.42. The third kappa shape index (κ3) is 6.88. The Hall–Kier alpha value is -0.300. The van der Waals surface area contributed by atoms with E-state index in [-0.39, 0.29) is 0 Å². The van der Waals surface area contributed by atoms with E-state index in [4.69, 9.17) is 0 Å². The first-order valence-electron chi connectivity index (χ1n) is 7.71. The minimum atomic E-state index is 0.732. The van der Waals surface area contributed by atoms with Gasteiger partial charge in [0.1, 0.15) is 0 Å². The predicted molar refractivity (Wildman–Crippen MR) is 77.3 cm³/mol. The fourth-order valence-corrected chi connectivity index (χ4v) is 2.97. The highest BCUT2D eigenvalue weighted by Gasteiger charge is 2.17. The second-order valence-corrected chi connectivity index (χ2v) is 5.61. The molecule has 0 aliphatic heterocycles. The molecule has 1 nitrogen and oxygen atoms in total. The molecule has 1 aliphatic carbocycles. The van der Waals surface area contributed by atoms with Gasteiger partial charge in [0.25, 0.3) is 0 Å². The van der Waals surface area contributed by atoms with Crippen molar-refractivity contribution < 1.29 is 0 Å². The zero-order chi connectivity index (χ0) is 12.3. The molecule has 1 rings (SSSR count). The summed E-state index contributed by atoms with van der Waals surface area (Å²) in [4.78, 5) is 0. The summed E-state index contributed by atoms with van der Waals surface area (Å²) in [5, 5.41) is 3.72. The average Bonchev–Trinajstić information content (AvgIpc) is 2.61. The van der Waals surface area contributed by atoms with Crippen LogP contribution in [0.25, 0.3) is 0 Å². The van der Waals surface area contributed by atoms with E-state index in [1.54, 1.807) is 0 Å². The van der Waals surface area contributed by atoms with Crippen LogP contribution in [-0.4, -0.2) is 12.6 Å². The molecule has 0 radical (unpaired) electrons. The van der Waals surface area contributed by atoms with Gasteiger partial charge in [-0.2, -0.15) is 0 Å². The Bertz CT molecular complexity index is 180. The minimum absolute atomic E-state index is 0.732. The van der Waals surface area contributed by atoms with Gasteiger partial charge < -0.3 is 5.32 Å². The van der Waals surface area contributed by atoms with E-state index in [2.05, 4.69) is 24.9 Å². The Balaban J connectivity index is 2.30. The van der Waals surface area contributed by atoms with Crippen molar-refractivity contribution in [2.24, 2.45) is 5.92 Å². The van der Waals surface area contributed by atoms with E-state index >= 15 is 0 Å². The number of nitrogens with one attached hydrogen (secondary N) is 1. The van der Waals surface area contributed by atoms with Gasteiger partial charge in [0.05, 0.1) is 0 Å². The monoisotopic (exact) mass is 237 g/mol. The standard InChI is InChI=1S/C16H31N/c1-3-5-12-16(17-13-4-2)14-15-10-8-6-7-9-11-15/h3,15-17H,1,4-14H2,2H3. The van der Waals surface area contributed by atoms with Crippen LogP contribution in [-0.2, 0) is 0 Å². The first-order chi connectivity index (χ1) is 8.36. The van der Waals surface area contributed by atoms with Crippen molar-refractivity contribution in [2.45, 2.75) is 77.2 Å². The molecule has 0 amide bonds. The normalized spacial score (nSPS) is 19.8. The lowest BCUT2D eigenvalue weighted by molar-refractivity contribution is 0.340. The van der Waals surface area contributed by atoms with Crippen molar-refractivity contribution >= 4 is 0 Å². The second kappa shape index (κ2) is 9.70. The molecule has 17 heavy (non-hydrogen) atoms. The van der Waals surface area contributed by atoms with Gasteiger partial charge in [0.15, 0.2) is 0 Å². The Morgan fingerprint density at radius 2 is 1.94 bits per heavy atom. The largest absolute Gasteiger partial charge is 0.314 e. The van der Waals surface area contributed by atoms with Crippen LogP contribution in [0.2, 0.25) is 0 Å². The molecule has 0 bridgehead atoms. The topological polar surface area (TPSA) is 12.0 Å². The van der Waals surface area contributed by atoms with Crippen LogP contribution in [0, 0.1) is 5.92 Å². The third-order valence-corrected chi connectivity index (χ3v) is 3.99. The molecular formula is C16H31N. The lowest BCUT2D eigenvalue weighted by Crippen LogP contribution is -2.31. The first kappa shape index (κ1) is 14.8. The highest BCUT2D eigenvalue weighted by atomic mass is 14.9. The summed E-state index contributed by atoms with van der Waals surface area (Å²) in [6, 6.07) is 0.732. The van der Waals surface area contributed by atoms with Gasteiger partial charge in [-0.05, 0) is 38.1 Å². The molecule has 0 aromatic rings. The second-order valence-electron chi connectivity index (χ2n) is 5.61. The minimum Gasteiger partial charge on any atom is -0.314 e. The van der Waals surface area contributed by atoms with Gasteiger partial charge in [0, 0.05) is 6.04 Å². The summed E-state index contributed by atoms with van der Waals surface area (Å²) in [6.45, 7) is 7.28. The molecule has 1 aliphatic rings. The van der Waals surface area contributed by atoms with Crippen LogP contribution in [0.3, 0.4) is 0 Å². The molecule has 1 unspecified atom stereocenters. The zero-order valence-corrected chi connectivity index (χ0v) is 11.7. The van der Waals surface area contributed by atoms with Crippen molar-refractivity contribution in [3.05, 3.63) is 12.7 Å². The van der Waals surface area contributed by atoms with E-state index in [1.807, 2.05) is 0 Å². The lowest BCUT2D eigenvalue weighted by atomic mass is 9.90. The third-order valence-electron chi connectivity index (χ3n) is 3.99. The van der Waals surface area contributed by atoms with Crippen molar-refractivity contribution in [3.63, 3.8) is 0 Å². The number of allylic oxidation sites excluding steroid dienone is 1. The molecular weight excluding hydrogens is 206 g/mol. The Morgan fingerprint density at radius 3 is 2.53 bits per heavy atom. The average molecular weight is 237 g/mol. The van der Waals surface area contributed by atoms with E-state index in [1.165, 1.54) is 64.3 Å². The van der Waals surface area contributed by atoms with Gasteiger partial charge in [-0.25, -0.2) is 0 Å². The summed E-state index contributed by atoms with van der Waals surface area (Å²) >= 11 is 0. The van der Waals surface area contributed by atoms with Gasteiger partial charge in [0.2, 0.25) is 0 Å². The van der Waals surface area contributed by atoms with Crippen LogP contribution < -0.4 is 5.32 Å². The molecule has 1 fully saturated rings. The van der Waals surface area contributed by atoms with Crippen LogP contribution in [0.4, 0.5) is 0 Å². The molecule has 0 saturated heterocycles. The number of hydrogen-bond donors (Lipinski definition) is 1. The smallest absolute Gasteiger partial charge is 0.00726 e. The summed E-state index contributed by atoms with van der Waals surface area (Å²) in [5.74, 6) is 0.983. The number of rotatable bonds is 8. The molecule has 0 aromatic heterocycles. The molecule has 0 spiro atoms. The van der Waals surface area contributed by atoms with Crippen molar-refractivity contribution in [3.8, 4) is 0 Å². The molecule has 0 aromatic carbocycles. The van der Waals surface area contributed by atoms with Gasteiger partial charge >= 0.3 is 0 Å².